The molecule has 0 fully saturated rings. The molecule has 0 atom stereocenters. The summed E-state index contributed by atoms with van der Waals surface area (Å²) in [6, 6.07) is 45.4. The highest BCUT2D eigenvalue weighted by molar-refractivity contribution is 5.92. The first-order valence-electron chi connectivity index (χ1n) is 12.7. The molecular weight excluding hydrogens is 478 g/mol. The van der Waals surface area contributed by atoms with Gasteiger partial charge in [-0.05, 0) is 76.9 Å². The number of hydrogen-bond acceptors (Lipinski definition) is 4. The third-order valence-corrected chi connectivity index (χ3v) is 7.69. The van der Waals surface area contributed by atoms with E-state index in [0.717, 1.165) is 50.3 Å². The Hall–Kier alpha value is -5.58. The Balaban J connectivity index is 1.59. The molecule has 0 unspecified atom stereocenters. The van der Waals surface area contributed by atoms with E-state index >= 15 is 0 Å². The van der Waals surface area contributed by atoms with Crippen LogP contribution in [0.3, 0.4) is 0 Å². The van der Waals surface area contributed by atoms with Crippen LogP contribution in [0.1, 0.15) is 33.4 Å². The second kappa shape index (κ2) is 8.77. The van der Waals surface area contributed by atoms with Crippen molar-refractivity contribution < 1.29 is 4.42 Å². The zero-order chi connectivity index (χ0) is 26.4. The van der Waals surface area contributed by atoms with Gasteiger partial charge in [-0.2, -0.15) is 10.5 Å². The molecule has 39 heavy (non-hydrogen) atoms. The molecule has 0 spiro atoms. The smallest absolute Gasteiger partial charge is 0.135 e. The van der Waals surface area contributed by atoms with Crippen molar-refractivity contribution in [3.8, 4) is 12.1 Å². The van der Waals surface area contributed by atoms with Crippen LogP contribution in [-0.4, -0.2) is 0 Å². The first kappa shape index (κ1) is 22.6. The fourth-order valence-corrected chi connectivity index (χ4v) is 5.99. The number of para-hydroxylation sites is 2. The number of fused-ring (bicyclic) bond motifs is 3. The van der Waals surface area contributed by atoms with Gasteiger partial charge in [-0.3, -0.25) is 0 Å². The minimum Gasteiger partial charge on any atom is -0.464 e. The van der Waals surface area contributed by atoms with Crippen LogP contribution in [-0.2, 0) is 5.41 Å². The van der Waals surface area contributed by atoms with Crippen molar-refractivity contribution in [1.82, 2.24) is 0 Å². The van der Waals surface area contributed by atoms with E-state index in [1.807, 2.05) is 30.3 Å². The van der Waals surface area contributed by atoms with Gasteiger partial charge >= 0.3 is 0 Å². The van der Waals surface area contributed by atoms with Gasteiger partial charge in [-0.15, -0.1) is 0 Å². The van der Waals surface area contributed by atoms with Gasteiger partial charge in [0.05, 0.1) is 46.3 Å². The standard InChI is InChI=1S/C35H21N3O/c36-22-24-9-14-27(15-10-24)35(28-16-11-25(23-37)12-17-28)30-5-1-3-7-32(30)38(33-8-4-2-6-31(33)35)29-18-13-26-19-20-39-34(26)21-29/h1-21H. The van der Waals surface area contributed by atoms with Crippen LogP contribution in [0.15, 0.2) is 132 Å². The van der Waals surface area contributed by atoms with Crippen LogP contribution < -0.4 is 4.90 Å². The summed E-state index contributed by atoms with van der Waals surface area (Å²) < 4.78 is 5.77. The topological polar surface area (TPSA) is 64.0 Å². The predicted molar refractivity (Wildman–Crippen MR) is 152 cm³/mol. The molecule has 0 amide bonds. The Kier molecular flexibility index (Phi) is 5.08. The van der Waals surface area contributed by atoms with Crippen molar-refractivity contribution in [1.29, 1.82) is 10.5 Å². The van der Waals surface area contributed by atoms with Gasteiger partial charge in [0, 0.05) is 17.1 Å². The number of benzene rings is 5. The number of anilines is 3. The minimum atomic E-state index is -0.680. The van der Waals surface area contributed by atoms with Gasteiger partial charge in [-0.1, -0.05) is 60.7 Å². The number of nitrogens with zero attached hydrogens (tertiary/aromatic N) is 3. The molecule has 4 heteroatoms. The summed E-state index contributed by atoms with van der Waals surface area (Å²) in [5.74, 6) is 0. The number of furan rings is 1. The molecule has 0 bridgehead atoms. The van der Waals surface area contributed by atoms with E-state index in [1.54, 1.807) is 6.26 Å². The van der Waals surface area contributed by atoms with E-state index in [0.29, 0.717) is 11.1 Å². The van der Waals surface area contributed by atoms with Crippen LogP contribution >= 0.6 is 0 Å². The molecule has 0 aliphatic carbocycles. The van der Waals surface area contributed by atoms with E-state index in [1.165, 1.54) is 0 Å². The average Bonchev–Trinajstić information content (AvgIpc) is 3.48. The van der Waals surface area contributed by atoms with E-state index in [9.17, 15) is 10.5 Å². The number of hydrogen-bond donors (Lipinski definition) is 0. The quantitative estimate of drug-likeness (QED) is 0.245. The first-order chi connectivity index (χ1) is 19.2. The molecule has 5 aromatic carbocycles. The van der Waals surface area contributed by atoms with Crippen LogP contribution in [0.2, 0.25) is 0 Å². The monoisotopic (exact) mass is 499 g/mol. The molecule has 4 nitrogen and oxygen atoms in total. The van der Waals surface area contributed by atoms with E-state index < -0.39 is 5.41 Å². The van der Waals surface area contributed by atoms with Crippen molar-refractivity contribution in [2.75, 3.05) is 4.90 Å². The molecule has 0 saturated carbocycles. The van der Waals surface area contributed by atoms with Gasteiger partial charge < -0.3 is 9.32 Å². The van der Waals surface area contributed by atoms with Crippen molar-refractivity contribution in [3.63, 3.8) is 0 Å². The van der Waals surface area contributed by atoms with Crippen molar-refractivity contribution in [2.24, 2.45) is 0 Å². The Morgan fingerprint density at radius 3 is 1.67 bits per heavy atom. The molecule has 1 aliphatic heterocycles. The third-order valence-electron chi connectivity index (χ3n) is 7.69. The molecule has 0 N–H and O–H groups in total. The van der Waals surface area contributed by atoms with Gasteiger partial charge in [0.15, 0.2) is 0 Å². The van der Waals surface area contributed by atoms with Crippen molar-refractivity contribution >= 4 is 28.0 Å². The number of nitriles is 2. The van der Waals surface area contributed by atoms with E-state index in [4.69, 9.17) is 4.42 Å². The Labute approximate surface area is 226 Å². The highest BCUT2D eigenvalue weighted by atomic mass is 16.3. The lowest BCUT2D eigenvalue weighted by Gasteiger charge is -2.46. The second-order valence-corrected chi connectivity index (χ2v) is 9.64. The SMILES string of the molecule is N#Cc1ccc(C2(c3ccc(C#N)cc3)c3ccccc3N(c3ccc4ccoc4c3)c3ccccc32)cc1. The molecule has 6 aromatic rings. The molecule has 7 rings (SSSR count). The third kappa shape index (κ3) is 3.29. The zero-order valence-corrected chi connectivity index (χ0v) is 20.9. The highest BCUT2D eigenvalue weighted by Gasteiger charge is 2.46. The normalized spacial score (nSPS) is 13.2. The average molecular weight is 500 g/mol. The zero-order valence-electron chi connectivity index (χ0n) is 20.9. The van der Waals surface area contributed by atoms with Crippen LogP contribution in [0.25, 0.3) is 11.0 Å². The van der Waals surface area contributed by atoms with Crippen LogP contribution in [0.4, 0.5) is 17.1 Å². The summed E-state index contributed by atoms with van der Waals surface area (Å²) in [5, 5.41) is 20.1. The van der Waals surface area contributed by atoms with Crippen LogP contribution in [0, 0.1) is 22.7 Å². The lowest BCUT2D eigenvalue weighted by atomic mass is 9.62. The van der Waals surface area contributed by atoms with Crippen molar-refractivity contribution in [2.45, 2.75) is 5.41 Å². The summed E-state index contributed by atoms with van der Waals surface area (Å²) in [6.07, 6.45) is 1.72. The maximum Gasteiger partial charge on any atom is 0.135 e. The van der Waals surface area contributed by atoms with Gasteiger partial charge in [0.2, 0.25) is 0 Å². The molecule has 0 saturated heterocycles. The lowest BCUT2D eigenvalue weighted by Crippen LogP contribution is -2.37. The number of rotatable bonds is 3. The van der Waals surface area contributed by atoms with E-state index in [-0.39, 0.29) is 0 Å². The summed E-state index contributed by atoms with van der Waals surface area (Å²) >= 11 is 0. The maximum atomic E-state index is 9.52. The molecule has 1 aromatic heterocycles. The van der Waals surface area contributed by atoms with E-state index in [2.05, 4.69) is 108 Å². The highest BCUT2D eigenvalue weighted by Crippen LogP contribution is 2.57. The Morgan fingerprint density at radius 2 is 1.13 bits per heavy atom. The minimum absolute atomic E-state index is 0.611. The summed E-state index contributed by atoms with van der Waals surface area (Å²) in [7, 11) is 0. The summed E-state index contributed by atoms with van der Waals surface area (Å²) in [4.78, 5) is 2.29. The molecule has 182 valence electrons. The van der Waals surface area contributed by atoms with Crippen molar-refractivity contribution in [3.05, 3.63) is 161 Å². The van der Waals surface area contributed by atoms with Gasteiger partial charge in [-0.25, -0.2) is 0 Å². The summed E-state index contributed by atoms with van der Waals surface area (Å²) in [6.45, 7) is 0. The molecule has 0 radical (unpaired) electrons. The largest absolute Gasteiger partial charge is 0.464 e. The maximum absolute atomic E-state index is 9.52. The molecular formula is C35H21N3O. The fraction of sp³-hybridized carbons (Fsp3) is 0.0286. The fourth-order valence-electron chi connectivity index (χ4n) is 5.99. The first-order valence-corrected chi connectivity index (χ1v) is 12.7. The van der Waals surface area contributed by atoms with Gasteiger partial charge in [0.25, 0.3) is 0 Å². The summed E-state index contributed by atoms with van der Waals surface area (Å²) in [5.41, 5.74) is 8.80. The second-order valence-electron chi connectivity index (χ2n) is 9.64. The lowest BCUT2D eigenvalue weighted by molar-refractivity contribution is 0.616. The molecule has 1 aliphatic rings. The van der Waals surface area contributed by atoms with Crippen LogP contribution in [0.5, 0.6) is 0 Å². The predicted octanol–water partition coefficient (Wildman–Crippen LogP) is 8.34. The molecule has 2 heterocycles. The Morgan fingerprint density at radius 1 is 0.590 bits per heavy atom. The Bertz CT molecular complexity index is 1830. The van der Waals surface area contributed by atoms with Gasteiger partial charge in [0.1, 0.15) is 5.58 Å².